The van der Waals surface area contributed by atoms with Gasteiger partial charge in [-0.1, -0.05) is 27.7 Å². The molecule has 0 saturated carbocycles. The number of sulfone groups is 1. The second kappa shape index (κ2) is 7.76. The molecule has 0 aliphatic carbocycles. The molecule has 120 valence electrons. The number of piperazine rings is 1. The maximum Gasteiger partial charge on any atom is 0.151 e. The fraction of sp³-hybridized carbons (Fsp3) is 1.00. The van der Waals surface area contributed by atoms with E-state index in [9.17, 15) is 8.42 Å². The summed E-state index contributed by atoms with van der Waals surface area (Å²) in [7, 11) is -2.88. The molecule has 1 unspecified atom stereocenters. The van der Waals surface area contributed by atoms with E-state index in [1.807, 2.05) is 6.92 Å². The molecule has 1 N–H and O–H groups in total. The Balaban J connectivity index is 2.68. The predicted octanol–water partition coefficient (Wildman–Crippen LogP) is 2.05. The standard InChI is InChI=1S/C15H32N2O2S/c1-5-10-20(18,19)11-9-17-13-15(7-3,8-4)16-12-14(17)6-2/h14,16H,5-13H2,1-4H3. The third kappa shape index (κ3) is 4.71. The highest BCUT2D eigenvalue weighted by Crippen LogP contribution is 2.23. The Morgan fingerprint density at radius 3 is 2.30 bits per heavy atom. The van der Waals surface area contributed by atoms with E-state index in [4.69, 9.17) is 0 Å². The van der Waals surface area contributed by atoms with Crippen molar-refractivity contribution in [1.82, 2.24) is 10.2 Å². The molecule has 4 nitrogen and oxygen atoms in total. The van der Waals surface area contributed by atoms with Crippen molar-refractivity contribution in [2.24, 2.45) is 0 Å². The predicted molar refractivity (Wildman–Crippen MR) is 85.9 cm³/mol. The molecule has 0 aromatic rings. The molecule has 5 heteroatoms. The molecule has 1 aliphatic heterocycles. The van der Waals surface area contributed by atoms with Gasteiger partial charge < -0.3 is 5.32 Å². The van der Waals surface area contributed by atoms with Gasteiger partial charge in [-0.05, 0) is 25.7 Å². The first-order valence-electron chi connectivity index (χ1n) is 8.11. The van der Waals surface area contributed by atoms with Crippen LogP contribution >= 0.6 is 0 Å². The van der Waals surface area contributed by atoms with E-state index in [0.29, 0.717) is 24.1 Å². The van der Waals surface area contributed by atoms with Crippen molar-refractivity contribution in [3.63, 3.8) is 0 Å². The van der Waals surface area contributed by atoms with Gasteiger partial charge in [0.25, 0.3) is 0 Å². The van der Waals surface area contributed by atoms with E-state index >= 15 is 0 Å². The molecule has 0 spiro atoms. The molecule has 1 heterocycles. The van der Waals surface area contributed by atoms with Gasteiger partial charge in [0.15, 0.2) is 9.84 Å². The Hall–Kier alpha value is -0.130. The number of hydrogen-bond acceptors (Lipinski definition) is 4. The Kier molecular flexibility index (Phi) is 6.95. The van der Waals surface area contributed by atoms with Crippen LogP contribution in [0.25, 0.3) is 0 Å². The minimum atomic E-state index is -2.88. The molecule has 1 fully saturated rings. The summed E-state index contributed by atoms with van der Waals surface area (Å²) in [4.78, 5) is 2.40. The van der Waals surface area contributed by atoms with Gasteiger partial charge in [-0.3, -0.25) is 4.90 Å². The average Bonchev–Trinajstić information content (AvgIpc) is 2.45. The maximum atomic E-state index is 11.9. The molecule has 0 aromatic heterocycles. The lowest BCUT2D eigenvalue weighted by atomic mass is 9.88. The zero-order valence-electron chi connectivity index (χ0n) is 13.6. The average molecular weight is 305 g/mol. The third-order valence-corrected chi connectivity index (χ3v) is 6.60. The third-order valence-electron chi connectivity index (χ3n) is 4.76. The van der Waals surface area contributed by atoms with Gasteiger partial charge >= 0.3 is 0 Å². The monoisotopic (exact) mass is 304 g/mol. The molecule has 1 aliphatic rings. The Morgan fingerprint density at radius 1 is 1.15 bits per heavy atom. The molecule has 0 aromatic carbocycles. The van der Waals surface area contributed by atoms with Crippen LogP contribution < -0.4 is 5.32 Å². The molecule has 0 amide bonds. The highest BCUT2D eigenvalue weighted by molar-refractivity contribution is 7.91. The van der Waals surface area contributed by atoms with Crippen molar-refractivity contribution >= 4 is 9.84 Å². The van der Waals surface area contributed by atoms with E-state index in [2.05, 4.69) is 31.0 Å². The minimum absolute atomic E-state index is 0.167. The lowest BCUT2D eigenvalue weighted by molar-refractivity contribution is 0.0760. The van der Waals surface area contributed by atoms with E-state index in [0.717, 1.165) is 38.8 Å². The van der Waals surface area contributed by atoms with Crippen LogP contribution in [0.5, 0.6) is 0 Å². The zero-order valence-corrected chi connectivity index (χ0v) is 14.4. The molecular weight excluding hydrogens is 272 g/mol. The Morgan fingerprint density at radius 2 is 1.80 bits per heavy atom. The zero-order chi connectivity index (χ0) is 15.2. The first-order valence-corrected chi connectivity index (χ1v) is 9.93. The van der Waals surface area contributed by atoms with Gasteiger partial charge in [-0.25, -0.2) is 8.42 Å². The van der Waals surface area contributed by atoms with E-state index in [1.165, 1.54) is 0 Å². The van der Waals surface area contributed by atoms with Crippen LogP contribution in [0.4, 0.5) is 0 Å². The molecular formula is C15H32N2O2S. The summed E-state index contributed by atoms with van der Waals surface area (Å²) in [6, 6.07) is 0.470. The minimum Gasteiger partial charge on any atom is -0.308 e. The SMILES string of the molecule is CCCS(=O)(=O)CCN1CC(CC)(CC)NCC1CC. The van der Waals surface area contributed by atoms with Crippen molar-refractivity contribution in [2.75, 3.05) is 31.1 Å². The van der Waals surface area contributed by atoms with Crippen LogP contribution in [0.1, 0.15) is 53.4 Å². The summed E-state index contributed by atoms with van der Waals surface area (Å²) in [5.41, 5.74) is 0.167. The molecule has 1 saturated heterocycles. The number of hydrogen-bond donors (Lipinski definition) is 1. The van der Waals surface area contributed by atoms with E-state index in [1.54, 1.807) is 0 Å². The van der Waals surface area contributed by atoms with Gasteiger partial charge in [0.05, 0.1) is 5.75 Å². The fourth-order valence-electron chi connectivity index (χ4n) is 3.09. The van der Waals surface area contributed by atoms with Crippen LogP contribution in [-0.2, 0) is 9.84 Å². The lowest BCUT2D eigenvalue weighted by Crippen LogP contribution is -2.64. The topological polar surface area (TPSA) is 49.4 Å². The highest BCUT2D eigenvalue weighted by atomic mass is 32.2. The van der Waals surface area contributed by atoms with Gasteiger partial charge in [-0.15, -0.1) is 0 Å². The molecule has 0 bridgehead atoms. The molecule has 20 heavy (non-hydrogen) atoms. The van der Waals surface area contributed by atoms with Gasteiger partial charge in [-0.2, -0.15) is 0 Å². The van der Waals surface area contributed by atoms with Gasteiger partial charge in [0, 0.05) is 37.0 Å². The van der Waals surface area contributed by atoms with Crippen molar-refractivity contribution in [3.8, 4) is 0 Å². The molecule has 1 rings (SSSR count). The largest absolute Gasteiger partial charge is 0.308 e. The van der Waals surface area contributed by atoms with Crippen LogP contribution in [0.2, 0.25) is 0 Å². The van der Waals surface area contributed by atoms with Crippen molar-refractivity contribution < 1.29 is 8.42 Å². The quantitative estimate of drug-likeness (QED) is 0.746. The second-order valence-corrected chi connectivity index (χ2v) is 8.36. The highest BCUT2D eigenvalue weighted by Gasteiger charge is 2.36. The van der Waals surface area contributed by atoms with Crippen molar-refractivity contribution in [1.29, 1.82) is 0 Å². The van der Waals surface area contributed by atoms with Crippen LogP contribution in [0, 0.1) is 0 Å². The van der Waals surface area contributed by atoms with Gasteiger partial charge in [0.2, 0.25) is 0 Å². The molecule has 1 atom stereocenters. The van der Waals surface area contributed by atoms with Crippen LogP contribution in [0.15, 0.2) is 0 Å². The lowest BCUT2D eigenvalue weighted by Gasteiger charge is -2.47. The number of nitrogens with one attached hydrogen (secondary N) is 1. The Bertz CT molecular complexity index is 377. The second-order valence-electron chi connectivity index (χ2n) is 6.05. The first-order chi connectivity index (χ1) is 9.42. The number of nitrogens with zero attached hydrogens (tertiary/aromatic N) is 1. The van der Waals surface area contributed by atoms with Crippen LogP contribution in [-0.4, -0.2) is 56.0 Å². The smallest absolute Gasteiger partial charge is 0.151 e. The summed E-state index contributed by atoms with van der Waals surface area (Å²) in [5.74, 6) is 0.628. The summed E-state index contributed by atoms with van der Waals surface area (Å²) in [6.45, 7) is 11.2. The van der Waals surface area contributed by atoms with Crippen molar-refractivity contribution in [2.45, 2.75) is 65.0 Å². The number of rotatable bonds is 8. The first kappa shape index (κ1) is 17.9. The molecule has 0 radical (unpaired) electrons. The normalized spacial score (nSPS) is 23.9. The summed E-state index contributed by atoms with van der Waals surface area (Å²) < 4.78 is 23.9. The van der Waals surface area contributed by atoms with E-state index < -0.39 is 9.84 Å². The van der Waals surface area contributed by atoms with Crippen LogP contribution in [0.3, 0.4) is 0 Å². The van der Waals surface area contributed by atoms with E-state index in [-0.39, 0.29) is 5.54 Å². The fourth-order valence-corrected chi connectivity index (χ4v) is 4.43. The van der Waals surface area contributed by atoms with Crippen molar-refractivity contribution in [3.05, 3.63) is 0 Å². The van der Waals surface area contributed by atoms with Gasteiger partial charge in [0.1, 0.15) is 0 Å². The summed E-state index contributed by atoms with van der Waals surface area (Å²) >= 11 is 0. The summed E-state index contributed by atoms with van der Waals surface area (Å²) in [5, 5.41) is 3.69. The summed E-state index contributed by atoms with van der Waals surface area (Å²) in [6.07, 6.45) is 3.98. The Labute approximate surface area is 125 Å². The maximum absolute atomic E-state index is 11.9.